The minimum atomic E-state index is -1.12. The summed E-state index contributed by atoms with van der Waals surface area (Å²) in [5.41, 5.74) is 8.31. The number of β-amino-alcohol motifs (C(OH)–C–C–N with tert-alkyl or cyclic N) is 1. The highest BCUT2D eigenvalue weighted by Gasteiger charge is 2.43. The Morgan fingerprint density at radius 1 is 1.10 bits per heavy atom. The quantitative estimate of drug-likeness (QED) is 0.290. The minimum Gasteiger partial charge on any atom is -0.457 e. The second kappa shape index (κ2) is 10.7. The molecular weight excluding hydrogens is 516 g/mol. The number of nitrogens with zero attached hydrogens (tertiary/aromatic N) is 5. The fraction of sp³-hybridized carbons (Fsp3) is 0.281. The highest BCUT2D eigenvalue weighted by atomic mass is 16.5. The van der Waals surface area contributed by atoms with Gasteiger partial charge in [0.15, 0.2) is 5.60 Å². The third-order valence-corrected chi connectivity index (χ3v) is 7.93. The smallest absolute Gasteiger partial charge is 0.245 e. The van der Waals surface area contributed by atoms with E-state index in [1.54, 1.807) is 0 Å². The van der Waals surface area contributed by atoms with Gasteiger partial charge in [-0.1, -0.05) is 42.8 Å². The number of benzene rings is 2. The van der Waals surface area contributed by atoms with Crippen molar-refractivity contribution < 1.29 is 14.6 Å². The van der Waals surface area contributed by atoms with Crippen LogP contribution in [-0.4, -0.2) is 73.2 Å². The summed E-state index contributed by atoms with van der Waals surface area (Å²) in [6.07, 6.45) is 4.56. The maximum Gasteiger partial charge on any atom is 0.245 e. The number of carbonyl (C=O) groups excluding carboxylic acids is 1. The van der Waals surface area contributed by atoms with E-state index in [4.69, 9.17) is 10.5 Å². The molecule has 2 aromatic carbocycles. The van der Waals surface area contributed by atoms with E-state index in [0.717, 1.165) is 35.1 Å². The predicted octanol–water partition coefficient (Wildman–Crippen LogP) is 3.59. The maximum absolute atomic E-state index is 11.9. The number of rotatable bonds is 5. The van der Waals surface area contributed by atoms with Crippen molar-refractivity contribution in [2.45, 2.75) is 24.5 Å². The minimum absolute atomic E-state index is 0.0242. The number of aromatic nitrogens is 3. The fourth-order valence-electron chi connectivity index (χ4n) is 5.74. The van der Waals surface area contributed by atoms with Crippen LogP contribution in [0.2, 0.25) is 0 Å². The third-order valence-electron chi connectivity index (χ3n) is 7.93. The third kappa shape index (κ3) is 5.15. The van der Waals surface area contributed by atoms with E-state index in [9.17, 15) is 9.90 Å². The van der Waals surface area contributed by atoms with Gasteiger partial charge in [0, 0.05) is 44.8 Å². The molecule has 0 spiro atoms. The first-order valence-electron chi connectivity index (χ1n) is 13.7. The van der Waals surface area contributed by atoms with Crippen molar-refractivity contribution in [1.82, 2.24) is 24.3 Å². The van der Waals surface area contributed by atoms with Crippen LogP contribution in [-0.2, 0) is 11.8 Å². The lowest BCUT2D eigenvalue weighted by Gasteiger charge is -2.49. The van der Waals surface area contributed by atoms with Gasteiger partial charge >= 0.3 is 0 Å². The molecule has 0 radical (unpaired) electrons. The predicted molar refractivity (Wildman–Crippen MR) is 158 cm³/mol. The molecule has 0 unspecified atom stereocenters. The average molecular weight is 549 g/mol. The second-order valence-electron chi connectivity index (χ2n) is 10.6. The number of hydrogen-bond donors (Lipinski definition) is 2. The van der Waals surface area contributed by atoms with E-state index < -0.39 is 5.60 Å². The number of nitrogen functional groups attached to an aromatic ring is 1. The molecule has 2 aliphatic heterocycles. The van der Waals surface area contributed by atoms with Crippen LogP contribution < -0.4 is 10.5 Å². The first-order valence-corrected chi connectivity index (χ1v) is 13.7. The number of nitrogens with two attached hydrogens (primary N) is 1. The van der Waals surface area contributed by atoms with Gasteiger partial charge in [-0.05, 0) is 54.7 Å². The molecule has 0 saturated carbocycles. The number of hydrogen-bond acceptors (Lipinski definition) is 7. The van der Waals surface area contributed by atoms with Crippen molar-refractivity contribution in [2.75, 3.05) is 31.9 Å². The lowest BCUT2D eigenvalue weighted by molar-refractivity contribution is -0.129. The van der Waals surface area contributed by atoms with Crippen molar-refractivity contribution in [2.24, 2.45) is 7.05 Å². The molecule has 9 nitrogen and oxygen atoms in total. The van der Waals surface area contributed by atoms with E-state index >= 15 is 0 Å². The molecule has 2 fully saturated rings. The van der Waals surface area contributed by atoms with Crippen molar-refractivity contribution in [1.29, 1.82) is 0 Å². The maximum atomic E-state index is 11.9. The summed E-state index contributed by atoms with van der Waals surface area (Å²) in [7, 11) is 1.89. The van der Waals surface area contributed by atoms with E-state index in [-0.39, 0.29) is 5.91 Å². The molecule has 2 saturated heterocycles. The number of aliphatic hydroxyl groups is 1. The average Bonchev–Trinajstić information content (AvgIpc) is 3.27. The van der Waals surface area contributed by atoms with Gasteiger partial charge in [-0.3, -0.25) is 9.69 Å². The Labute approximate surface area is 238 Å². The SMILES string of the molecule is C=CC(=O)N1CCC(N2CC(O)(C#Cc3c(-c4ccc(Oc5ccccc5)cc4)c4c(N)ncnc4n3C)C2)CC1. The summed E-state index contributed by atoms with van der Waals surface area (Å²) >= 11 is 0. The molecule has 3 N–H and O–H groups in total. The molecule has 2 aromatic heterocycles. The summed E-state index contributed by atoms with van der Waals surface area (Å²) in [4.78, 5) is 24.7. The van der Waals surface area contributed by atoms with Crippen LogP contribution in [0.5, 0.6) is 11.5 Å². The van der Waals surface area contributed by atoms with Crippen molar-refractivity contribution >= 4 is 22.8 Å². The van der Waals surface area contributed by atoms with Gasteiger partial charge in [-0.2, -0.15) is 0 Å². The molecule has 41 heavy (non-hydrogen) atoms. The van der Waals surface area contributed by atoms with Crippen LogP contribution in [0, 0.1) is 11.8 Å². The van der Waals surface area contributed by atoms with Gasteiger partial charge in [0.25, 0.3) is 0 Å². The van der Waals surface area contributed by atoms with E-state index in [1.807, 2.05) is 71.1 Å². The Hall–Kier alpha value is -4.65. The summed E-state index contributed by atoms with van der Waals surface area (Å²) in [5, 5.41) is 12.0. The van der Waals surface area contributed by atoms with E-state index in [2.05, 4.69) is 33.3 Å². The lowest BCUT2D eigenvalue weighted by Crippen LogP contribution is -2.65. The van der Waals surface area contributed by atoms with Gasteiger partial charge in [0.2, 0.25) is 5.91 Å². The van der Waals surface area contributed by atoms with Crippen molar-refractivity contribution in [3.8, 4) is 34.5 Å². The summed E-state index contributed by atoms with van der Waals surface area (Å²) in [5.74, 6) is 8.22. The molecule has 2 aliphatic rings. The topological polar surface area (TPSA) is 110 Å². The lowest BCUT2D eigenvalue weighted by atomic mass is 9.89. The zero-order valence-corrected chi connectivity index (χ0v) is 23.0. The van der Waals surface area contributed by atoms with Crippen LogP contribution in [0.25, 0.3) is 22.2 Å². The fourth-order valence-corrected chi connectivity index (χ4v) is 5.74. The number of anilines is 1. The Morgan fingerprint density at radius 2 is 1.78 bits per heavy atom. The van der Waals surface area contributed by atoms with Crippen LogP contribution in [0.3, 0.4) is 0 Å². The molecular formula is C32H32N6O3. The molecule has 208 valence electrons. The Balaban J connectivity index is 1.25. The van der Waals surface area contributed by atoms with Crippen LogP contribution in [0.1, 0.15) is 18.5 Å². The number of piperidine rings is 1. The highest BCUT2D eigenvalue weighted by Crippen LogP contribution is 2.37. The first kappa shape index (κ1) is 26.6. The molecule has 0 aliphatic carbocycles. The van der Waals surface area contributed by atoms with Gasteiger partial charge in [0.1, 0.15) is 35.0 Å². The zero-order chi connectivity index (χ0) is 28.6. The molecule has 4 heterocycles. The summed E-state index contributed by atoms with van der Waals surface area (Å²) < 4.78 is 7.87. The van der Waals surface area contributed by atoms with Crippen molar-refractivity contribution in [3.05, 3.63) is 79.3 Å². The normalized spacial score (nSPS) is 17.0. The van der Waals surface area contributed by atoms with Gasteiger partial charge in [-0.25, -0.2) is 9.97 Å². The highest BCUT2D eigenvalue weighted by molar-refractivity contribution is 6.03. The zero-order valence-electron chi connectivity index (χ0n) is 23.0. The monoisotopic (exact) mass is 548 g/mol. The summed E-state index contributed by atoms with van der Waals surface area (Å²) in [6.45, 7) is 5.91. The Kier molecular flexibility index (Phi) is 6.95. The largest absolute Gasteiger partial charge is 0.457 e. The van der Waals surface area contributed by atoms with Gasteiger partial charge in [-0.15, -0.1) is 0 Å². The number of amides is 1. The second-order valence-corrected chi connectivity index (χ2v) is 10.6. The number of carbonyl (C=O) groups is 1. The molecule has 1 amide bonds. The van der Waals surface area contributed by atoms with Gasteiger partial charge in [0.05, 0.1) is 5.39 Å². The first-order chi connectivity index (χ1) is 19.8. The molecule has 6 rings (SSSR count). The Bertz CT molecular complexity index is 1660. The van der Waals surface area contributed by atoms with Crippen LogP contribution in [0.4, 0.5) is 5.82 Å². The van der Waals surface area contributed by atoms with E-state index in [0.29, 0.717) is 55.1 Å². The number of aryl methyl sites for hydroxylation is 1. The Morgan fingerprint density at radius 3 is 2.46 bits per heavy atom. The van der Waals surface area contributed by atoms with Gasteiger partial charge < -0.3 is 25.0 Å². The van der Waals surface area contributed by atoms with Crippen LogP contribution in [0.15, 0.2) is 73.6 Å². The molecule has 9 heteroatoms. The van der Waals surface area contributed by atoms with E-state index in [1.165, 1.54) is 12.4 Å². The number of para-hydroxylation sites is 1. The molecule has 0 bridgehead atoms. The molecule has 0 atom stereocenters. The standard InChI is InChI=1S/C32H32N6O3/c1-3-27(39)37-17-14-23(15-18-37)38-19-32(40,20-38)16-13-26-28(29-30(33)34-21-35-31(29)36(26)2)22-9-11-25(12-10-22)41-24-7-5-4-6-8-24/h3-12,21,23,40H,1,14-15,17-20H2,2H3,(H2,33,34,35). The molecule has 4 aromatic rings. The number of ether oxygens (including phenoxy) is 1. The van der Waals surface area contributed by atoms with Crippen LogP contribution >= 0.6 is 0 Å². The number of fused-ring (bicyclic) bond motifs is 1. The summed E-state index contributed by atoms with van der Waals surface area (Å²) in [6, 6.07) is 17.7. The van der Waals surface area contributed by atoms with Crippen molar-refractivity contribution in [3.63, 3.8) is 0 Å². The number of likely N-dealkylation sites (tertiary alicyclic amines) is 2.